The van der Waals surface area contributed by atoms with Gasteiger partial charge in [0.1, 0.15) is 17.2 Å². The molecule has 0 saturated carbocycles. The molecule has 0 fully saturated rings. The Hall–Kier alpha value is -2.95. The number of fused-ring (bicyclic) bond motifs is 1. The minimum absolute atomic E-state index is 0.0702. The van der Waals surface area contributed by atoms with Gasteiger partial charge in [-0.05, 0) is 43.3 Å². The number of ketones is 1. The highest BCUT2D eigenvalue weighted by molar-refractivity contribution is 5.97. The van der Waals surface area contributed by atoms with Gasteiger partial charge in [-0.2, -0.15) is 0 Å². The van der Waals surface area contributed by atoms with E-state index in [2.05, 4.69) is 5.32 Å². The number of carbonyl (C=O) groups is 2. The summed E-state index contributed by atoms with van der Waals surface area (Å²) in [7, 11) is 0. The first-order valence-corrected chi connectivity index (χ1v) is 8.09. The molecule has 3 aromatic rings. The molecule has 0 radical (unpaired) electrons. The van der Waals surface area contributed by atoms with Crippen molar-refractivity contribution in [1.82, 2.24) is 5.32 Å². The summed E-state index contributed by atoms with van der Waals surface area (Å²) in [6.07, 6.45) is 0.144. The largest absolute Gasteiger partial charge is 0.459 e. The number of amides is 1. The first-order valence-electron chi connectivity index (χ1n) is 8.09. The molecule has 1 amide bonds. The zero-order valence-electron chi connectivity index (χ0n) is 13.8. The molecule has 0 saturated heterocycles. The summed E-state index contributed by atoms with van der Waals surface area (Å²) in [6, 6.07) is 14.5. The second kappa shape index (κ2) is 7.30. The number of hydrogen-bond donors (Lipinski definition) is 1. The minimum atomic E-state index is -0.394. The second-order valence-electron chi connectivity index (χ2n) is 5.91. The number of benzene rings is 2. The van der Waals surface area contributed by atoms with Crippen molar-refractivity contribution in [3.63, 3.8) is 0 Å². The zero-order valence-corrected chi connectivity index (χ0v) is 13.8. The number of nitrogens with one attached hydrogen (secondary N) is 1. The number of carbonyl (C=O) groups excluding carboxylic acids is 2. The molecular formula is C20H18FNO3. The summed E-state index contributed by atoms with van der Waals surface area (Å²) in [5.74, 6) is -0.150. The number of rotatable bonds is 6. The third-order valence-corrected chi connectivity index (χ3v) is 3.99. The number of para-hydroxylation sites is 1. The van der Waals surface area contributed by atoms with Gasteiger partial charge in [0.2, 0.25) is 5.91 Å². The molecule has 1 N–H and O–H groups in total. The summed E-state index contributed by atoms with van der Waals surface area (Å²) < 4.78 is 18.6. The lowest BCUT2D eigenvalue weighted by molar-refractivity contribution is -0.121. The molecular weight excluding hydrogens is 321 g/mol. The number of Topliss-reactive ketones (excluding diaryl/α,β-unsaturated/α-hetero) is 1. The number of furan rings is 1. The average molecular weight is 339 g/mol. The molecule has 3 rings (SSSR count). The van der Waals surface area contributed by atoms with Crippen LogP contribution in [0.5, 0.6) is 0 Å². The molecule has 2 aromatic carbocycles. The number of halogens is 1. The fraction of sp³-hybridized carbons (Fsp3) is 0.200. The van der Waals surface area contributed by atoms with Crippen LogP contribution >= 0.6 is 0 Å². The smallest absolute Gasteiger partial charge is 0.221 e. The molecule has 1 atom stereocenters. The molecule has 0 unspecified atom stereocenters. The van der Waals surface area contributed by atoms with Crippen molar-refractivity contribution in [3.05, 3.63) is 71.7 Å². The molecule has 128 valence electrons. The Morgan fingerprint density at radius 2 is 1.80 bits per heavy atom. The van der Waals surface area contributed by atoms with Gasteiger partial charge >= 0.3 is 0 Å². The van der Waals surface area contributed by atoms with Gasteiger partial charge in [-0.25, -0.2) is 4.39 Å². The molecule has 4 nitrogen and oxygen atoms in total. The van der Waals surface area contributed by atoms with Crippen LogP contribution in [0.15, 0.2) is 59.0 Å². The molecule has 1 aromatic heterocycles. The van der Waals surface area contributed by atoms with E-state index in [1.54, 1.807) is 0 Å². The lowest BCUT2D eigenvalue weighted by Crippen LogP contribution is -2.26. The van der Waals surface area contributed by atoms with E-state index in [1.165, 1.54) is 24.3 Å². The van der Waals surface area contributed by atoms with Crippen molar-refractivity contribution >= 4 is 22.7 Å². The Labute approximate surface area is 144 Å². The first kappa shape index (κ1) is 16.9. The normalized spacial score (nSPS) is 12.1. The van der Waals surface area contributed by atoms with Crippen LogP contribution in [0.2, 0.25) is 0 Å². The highest BCUT2D eigenvalue weighted by atomic mass is 19.1. The second-order valence-corrected chi connectivity index (χ2v) is 5.91. The molecule has 1 heterocycles. The van der Waals surface area contributed by atoms with Gasteiger partial charge in [-0.3, -0.25) is 9.59 Å². The summed E-state index contributed by atoms with van der Waals surface area (Å²) >= 11 is 0. The SMILES string of the molecule is C[C@H](NC(=O)CCC(=O)c1ccc(F)cc1)c1cc2ccccc2o1. The van der Waals surface area contributed by atoms with E-state index in [9.17, 15) is 14.0 Å². The number of hydrogen-bond acceptors (Lipinski definition) is 3. The fourth-order valence-corrected chi connectivity index (χ4v) is 2.61. The monoisotopic (exact) mass is 339 g/mol. The lowest BCUT2D eigenvalue weighted by Gasteiger charge is -2.11. The van der Waals surface area contributed by atoms with Crippen molar-refractivity contribution in [3.8, 4) is 0 Å². The van der Waals surface area contributed by atoms with Crippen molar-refractivity contribution in [2.75, 3.05) is 0 Å². The molecule has 0 spiro atoms. The van der Waals surface area contributed by atoms with Gasteiger partial charge in [0, 0.05) is 23.8 Å². The van der Waals surface area contributed by atoms with Crippen molar-refractivity contribution in [2.24, 2.45) is 0 Å². The van der Waals surface area contributed by atoms with Gasteiger partial charge in [0.25, 0.3) is 0 Å². The maximum Gasteiger partial charge on any atom is 0.221 e. The van der Waals surface area contributed by atoms with Crippen LogP contribution in [0.3, 0.4) is 0 Å². The predicted octanol–water partition coefficient (Wildman–Crippen LogP) is 4.41. The Bertz CT molecular complexity index is 866. The minimum Gasteiger partial charge on any atom is -0.459 e. The lowest BCUT2D eigenvalue weighted by atomic mass is 10.1. The standard InChI is InChI=1S/C20H18FNO3/c1-13(19-12-15-4-2-3-5-18(15)25-19)22-20(24)11-10-17(23)14-6-8-16(21)9-7-14/h2-9,12-13H,10-11H2,1H3,(H,22,24)/t13-/m0/s1. The summed E-state index contributed by atoms with van der Waals surface area (Å²) in [6.45, 7) is 1.83. The summed E-state index contributed by atoms with van der Waals surface area (Å²) in [5, 5.41) is 3.81. The first-order chi connectivity index (χ1) is 12.0. The average Bonchev–Trinajstić information content (AvgIpc) is 3.04. The van der Waals surface area contributed by atoms with Crippen LogP contribution < -0.4 is 5.32 Å². The quantitative estimate of drug-likeness (QED) is 0.677. The Kier molecular flexibility index (Phi) is 4.93. The van der Waals surface area contributed by atoms with Gasteiger partial charge < -0.3 is 9.73 Å². The molecule has 0 aliphatic heterocycles. The van der Waals surface area contributed by atoms with Gasteiger partial charge in [0.05, 0.1) is 6.04 Å². The van der Waals surface area contributed by atoms with E-state index >= 15 is 0 Å². The molecule has 25 heavy (non-hydrogen) atoms. The van der Waals surface area contributed by atoms with Gasteiger partial charge in [-0.15, -0.1) is 0 Å². The van der Waals surface area contributed by atoms with E-state index in [0.29, 0.717) is 11.3 Å². The van der Waals surface area contributed by atoms with E-state index in [0.717, 1.165) is 11.0 Å². The van der Waals surface area contributed by atoms with Gasteiger partial charge in [0.15, 0.2) is 5.78 Å². The van der Waals surface area contributed by atoms with E-state index in [1.807, 2.05) is 37.3 Å². The Balaban J connectivity index is 1.54. The maximum atomic E-state index is 12.9. The molecule has 0 aliphatic carbocycles. The zero-order chi connectivity index (χ0) is 17.8. The third-order valence-electron chi connectivity index (χ3n) is 3.99. The van der Waals surface area contributed by atoms with E-state index < -0.39 is 5.82 Å². The van der Waals surface area contributed by atoms with Crippen LogP contribution in [0, 0.1) is 5.82 Å². The third kappa shape index (κ3) is 4.12. The van der Waals surface area contributed by atoms with Crippen molar-refractivity contribution < 1.29 is 18.4 Å². The van der Waals surface area contributed by atoms with Crippen LogP contribution in [0.1, 0.15) is 41.9 Å². The highest BCUT2D eigenvalue weighted by Gasteiger charge is 2.15. The van der Waals surface area contributed by atoms with Crippen molar-refractivity contribution in [1.29, 1.82) is 0 Å². The van der Waals surface area contributed by atoms with Gasteiger partial charge in [-0.1, -0.05) is 18.2 Å². The maximum absolute atomic E-state index is 12.9. The van der Waals surface area contributed by atoms with Crippen LogP contribution in [-0.2, 0) is 4.79 Å². The fourth-order valence-electron chi connectivity index (χ4n) is 2.61. The van der Waals surface area contributed by atoms with Crippen LogP contribution in [-0.4, -0.2) is 11.7 Å². The Morgan fingerprint density at radius 3 is 2.52 bits per heavy atom. The van der Waals surface area contributed by atoms with Crippen LogP contribution in [0.4, 0.5) is 4.39 Å². The molecule has 0 bridgehead atoms. The molecule has 5 heteroatoms. The Morgan fingerprint density at radius 1 is 1.08 bits per heavy atom. The predicted molar refractivity (Wildman–Crippen MR) is 92.7 cm³/mol. The van der Waals surface area contributed by atoms with Crippen molar-refractivity contribution in [2.45, 2.75) is 25.8 Å². The topological polar surface area (TPSA) is 59.3 Å². The van der Waals surface area contributed by atoms with E-state index in [4.69, 9.17) is 4.42 Å². The summed E-state index contributed by atoms with van der Waals surface area (Å²) in [5.41, 5.74) is 1.17. The molecule has 0 aliphatic rings. The van der Waals surface area contributed by atoms with Crippen LogP contribution in [0.25, 0.3) is 11.0 Å². The van der Waals surface area contributed by atoms with E-state index in [-0.39, 0.29) is 30.6 Å². The summed E-state index contributed by atoms with van der Waals surface area (Å²) in [4.78, 5) is 24.1. The highest BCUT2D eigenvalue weighted by Crippen LogP contribution is 2.23.